The zero-order valence-corrected chi connectivity index (χ0v) is 11.4. The Morgan fingerprint density at radius 2 is 2.22 bits per heavy atom. The van der Waals surface area contributed by atoms with E-state index in [-0.39, 0.29) is 18.2 Å². The lowest BCUT2D eigenvalue weighted by Gasteiger charge is -2.24. The quantitative estimate of drug-likeness (QED) is 0.758. The number of aliphatic imine (C=N–C) groups is 1. The molecule has 0 radical (unpaired) electrons. The standard InChI is InChI=1S/C12H21N3O3/c1-5-17-10-13-8-6-15(7-9(8)14-10)11(16)18-12(2,3)4/h8-9H,5-7H2,1-4H3,(H,13,14). The summed E-state index contributed by atoms with van der Waals surface area (Å²) in [5.74, 6) is 0. The number of carbonyl (C=O) groups is 1. The first kappa shape index (κ1) is 13.0. The van der Waals surface area contributed by atoms with E-state index in [1.807, 2.05) is 27.7 Å². The summed E-state index contributed by atoms with van der Waals surface area (Å²) in [5, 5.41) is 3.18. The number of carbonyl (C=O) groups excluding carboxylic acids is 1. The van der Waals surface area contributed by atoms with Crippen molar-refractivity contribution < 1.29 is 14.3 Å². The molecule has 0 aromatic heterocycles. The Morgan fingerprint density at radius 1 is 1.50 bits per heavy atom. The van der Waals surface area contributed by atoms with Gasteiger partial charge in [-0.2, -0.15) is 0 Å². The first-order chi connectivity index (χ1) is 8.39. The number of hydrogen-bond donors (Lipinski definition) is 1. The van der Waals surface area contributed by atoms with Crippen LogP contribution in [-0.4, -0.2) is 54.4 Å². The molecule has 102 valence electrons. The predicted molar refractivity (Wildman–Crippen MR) is 67.6 cm³/mol. The van der Waals surface area contributed by atoms with Crippen LogP contribution in [0.1, 0.15) is 27.7 Å². The number of fused-ring (bicyclic) bond motifs is 1. The van der Waals surface area contributed by atoms with Crippen LogP contribution in [-0.2, 0) is 9.47 Å². The lowest BCUT2D eigenvalue weighted by molar-refractivity contribution is 0.0288. The molecule has 0 aromatic rings. The summed E-state index contributed by atoms with van der Waals surface area (Å²) in [5.41, 5.74) is -0.456. The minimum atomic E-state index is -0.456. The second-order valence-electron chi connectivity index (χ2n) is 5.57. The number of amides is 1. The fraction of sp³-hybridized carbons (Fsp3) is 0.833. The molecule has 1 N–H and O–H groups in total. The van der Waals surface area contributed by atoms with E-state index in [0.717, 1.165) is 0 Å². The third-order valence-corrected chi connectivity index (χ3v) is 2.81. The van der Waals surface area contributed by atoms with Gasteiger partial charge in [0.1, 0.15) is 5.60 Å². The number of ether oxygens (including phenoxy) is 2. The maximum absolute atomic E-state index is 11.9. The lowest BCUT2D eigenvalue weighted by Crippen LogP contribution is -2.39. The van der Waals surface area contributed by atoms with Crippen LogP contribution >= 0.6 is 0 Å². The van der Waals surface area contributed by atoms with Crippen molar-refractivity contribution in [3.8, 4) is 0 Å². The molecule has 18 heavy (non-hydrogen) atoms. The van der Waals surface area contributed by atoms with Crippen LogP contribution in [0.25, 0.3) is 0 Å². The highest BCUT2D eigenvalue weighted by Gasteiger charge is 2.41. The molecule has 2 unspecified atom stereocenters. The smallest absolute Gasteiger partial charge is 0.410 e. The van der Waals surface area contributed by atoms with Crippen molar-refractivity contribution >= 4 is 12.1 Å². The molecule has 2 atom stereocenters. The molecule has 0 spiro atoms. The molecule has 6 nitrogen and oxygen atoms in total. The van der Waals surface area contributed by atoms with Crippen LogP contribution in [0, 0.1) is 0 Å². The van der Waals surface area contributed by atoms with Gasteiger partial charge in [0, 0.05) is 13.1 Å². The first-order valence-electron chi connectivity index (χ1n) is 6.34. The highest BCUT2D eigenvalue weighted by molar-refractivity contribution is 5.77. The van der Waals surface area contributed by atoms with Gasteiger partial charge in [0.2, 0.25) is 0 Å². The van der Waals surface area contributed by atoms with Crippen molar-refractivity contribution in [3.63, 3.8) is 0 Å². The van der Waals surface area contributed by atoms with Crippen LogP contribution in [0.5, 0.6) is 0 Å². The Balaban J connectivity index is 1.89. The molecule has 0 bridgehead atoms. The number of amidine groups is 1. The lowest BCUT2D eigenvalue weighted by atomic mass is 10.2. The predicted octanol–water partition coefficient (Wildman–Crippen LogP) is 0.970. The summed E-state index contributed by atoms with van der Waals surface area (Å²) in [4.78, 5) is 18.0. The molecule has 0 aliphatic carbocycles. The van der Waals surface area contributed by atoms with Crippen molar-refractivity contribution in [1.29, 1.82) is 0 Å². The van der Waals surface area contributed by atoms with Crippen LogP contribution < -0.4 is 5.32 Å². The SMILES string of the molecule is CCOC1=NC2CN(C(=O)OC(C)(C)C)CC2N1. The minimum Gasteiger partial charge on any atom is -0.466 e. The van der Waals surface area contributed by atoms with Crippen LogP contribution in [0.3, 0.4) is 0 Å². The van der Waals surface area contributed by atoms with E-state index < -0.39 is 5.60 Å². The van der Waals surface area contributed by atoms with Gasteiger partial charge >= 0.3 is 6.09 Å². The van der Waals surface area contributed by atoms with E-state index in [1.54, 1.807) is 4.90 Å². The highest BCUT2D eigenvalue weighted by atomic mass is 16.6. The van der Waals surface area contributed by atoms with Crippen LogP contribution in [0.15, 0.2) is 4.99 Å². The molecule has 1 amide bonds. The van der Waals surface area contributed by atoms with Gasteiger partial charge in [-0.05, 0) is 27.7 Å². The van der Waals surface area contributed by atoms with Gasteiger partial charge in [-0.3, -0.25) is 0 Å². The summed E-state index contributed by atoms with van der Waals surface area (Å²) in [6.07, 6.45) is -0.271. The average Bonchev–Trinajstić information content (AvgIpc) is 2.72. The Labute approximate surface area is 107 Å². The second-order valence-corrected chi connectivity index (χ2v) is 5.57. The molecule has 2 rings (SSSR count). The summed E-state index contributed by atoms with van der Waals surface area (Å²) < 4.78 is 10.7. The maximum atomic E-state index is 11.9. The van der Waals surface area contributed by atoms with Gasteiger partial charge in [-0.25, -0.2) is 9.79 Å². The van der Waals surface area contributed by atoms with Crippen LogP contribution in [0.2, 0.25) is 0 Å². The minimum absolute atomic E-state index is 0.0825. The van der Waals surface area contributed by atoms with Crippen molar-refractivity contribution in [1.82, 2.24) is 10.2 Å². The van der Waals surface area contributed by atoms with E-state index >= 15 is 0 Å². The largest absolute Gasteiger partial charge is 0.466 e. The number of nitrogens with zero attached hydrogens (tertiary/aromatic N) is 2. The first-order valence-corrected chi connectivity index (χ1v) is 6.34. The molecule has 0 saturated carbocycles. The number of nitrogens with one attached hydrogen (secondary N) is 1. The van der Waals surface area contributed by atoms with E-state index in [0.29, 0.717) is 25.7 Å². The molecule has 1 saturated heterocycles. The van der Waals surface area contributed by atoms with Gasteiger partial charge < -0.3 is 19.7 Å². The average molecular weight is 255 g/mol. The fourth-order valence-corrected chi connectivity index (χ4v) is 2.10. The van der Waals surface area contributed by atoms with Gasteiger partial charge in [0.05, 0.1) is 18.7 Å². The van der Waals surface area contributed by atoms with Crippen molar-refractivity contribution in [3.05, 3.63) is 0 Å². The molecule has 1 fully saturated rings. The topological polar surface area (TPSA) is 63.2 Å². The van der Waals surface area contributed by atoms with Gasteiger partial charge in [-0.15, -0.1) is 0 Å². The van der Waals surface area contributed by atoms with E-state index in [1.165, 1.54) is 0 Å². The number of likely N-dealkylation sites (tertiary alicyclic amines) is 1. The van der Waals surface area contributed by atoms with Gasteiger partial charge in [-0.1, -0.05) is 0 Å². The Hall–Kier alpha value is -1.46. The van der Waals surface area contributed by atoms with Crippen molar-refractivity contribution in [2.45, 2.75) is 45.4 Å². The van der Waals surface area contributed by atoms with Gasteiger partial charge in [0.15, 0.2) is 0 Å². The molecule has 2 heterocycles. The third-order valence-electron chi connectivity index (χ3n) is 2.81. The van der Waals surface area contributed by atoms with E-state index in [9.17, 15) is 4.79 Å². The summed E-state index contributed by atoms with van der Waals surface area (Å²) >= 11 is 0. The molecule has 2 aliphatic heterocycles. The summed E-state index contributed by atoms with van der Waals surface area (Å²) in [6, 6.07) is 0.828. The molecule has 0 aromatic carbocycles. The molecular formula is C12H21N3O3. The highest BCUT2D eigenvalue weighted by Crippen LogP contribution is 2.20. The van der Waals surface area contributed by atoms with Crippen LogP contribution in [0.4, 0.5) is 4.79 Å². The van der Waals surface area contributed by atoms with Crippen molar-refractivity contribution in [2.75, 3.05) is 19.7 Å². The molecular weight excluding hydrogens is 234 g/mol. The fourth-order valence-electron chi connectivity index (χ4n) is 2.10. The zero-order valence-electron chi connectivity index (χ0n) is 11.4. The summed E-state index contributed by atoms with van der Waals surface area (Å²) in [6.45, 7) is 9.32. The maximum Gasteiger partial charge on any atom is 0.410 e. The molecule has 6 heteroatoms. The zero-order chi connectivity index (χ0) is 13.3. The van der Waals surface area contributed by atoms with E-state index in [4.69, 9.17) is 9.47 Å². The molecule has 2 aliphatic rings. The summed E-state index contributed by atoms with van der Waals surface area (Å²) in [7, 11) is 0. The third kappa shape index (κ3) is 2.86. The number of hydrogen-bond acceptors (Lipinski definition) is 5. The monoisotopic (exact) mass is 255 g/mol. The van der Waals surface area contributed by atoms with Crippen molar-refractivity contribution in [2.24, 2.45) is 4.99 Å². The Morgan fingerprint density at radius 3 is 2.78 bits per heavy atom. The Bertz CT molecular complexity index is 362. The normalized spacial score (nSPS) is 26.4. The second kappa shape index (κ2) is 4.66. The van der Waals surface area contributed by atoms with Gasteiger partial charge in [0.25, 0.3) is 6.02 Å². The number of rotatable bonds is 1. The Kier molecular flexibility index (Phi) is 3.36. The van der Waals surface area contributed by atoms with E-state index in [2.05, 4.69) is 10.3 Å².